The van der Waals surface area contributed by atoms with Gasteiger partial charge in [-0.05, 0) is 42.3 Å². The maximum Gasteiger partial charge on any atom is 0.273 e. The average molecular weight is 619 g/mol. The molecule has 0 radical (unpaired) electrons. The summed E-state index contributed by atoms with van der Waals surface area (Å²) in [6, 6.07) is 10.7. The molecule has 42 heavy (non-hydrogen) atoms. The lowest BCUT2D eigenvalue weighted by molar-refractivity contribution is -0.140. The van der Waals surface area contributed by atoms with E-state index in [-0.39, 0.29) is 27.5 Å². The van der Waals surface area contributed by atoms with Crippen LogP contribution in [-0.4, -0.2) is 63.3 Å². The van der Waals surface area contributed by atoms with Crippen LogP contribution >= 0.6 is 11.3 Å². The van der Waals surface area contributed by atoms with Crippen LogP contribution in [0.25, 0.3) is 0 Å². The van der Waals surface area contributed by atoms with E-state index in [2.05, 4.69) is 15.4 Å². The predicted molar refractivity (Wildman–Crippen MR) is 169 cm³/mol. The summed E-state index contributed by atoms with van der Waals surface area (Å²) in [5.74, 6) is -1.51. The lowest BCUT2D eigenvalue weighted by Crippen LogP contribution is -2.61. The molecule has 2 aromatic rings. The maximum absolute atomic E-state index is 14.0. The van der Waals surface area contributed by atoms with Crippen molar-refractivity contribution >= 4 is 39.1 Å². The molecule has 0 fully saturated rings. The zero-order chi connectivity index (χ0) is 32.0. The first-order chi connectivity index (χ1) is 19.3. The molecular weight excluding hydrogens is 572 g/mol. The van der Waals surface area contributed by atoms with E-state index < -0.39 is 44.9 Å². The van der Waals surface area contributed by atoms with Crippen molar-refractivity contribution in [2.75, 3.05) is 14.1 Å². The van der Waals surface area contributed by atoms with Crippen LogP contribution in [0.2, 0.25) is 0 Å². The van der Waals surface area contributed by atoms with Crippen LogP contribution in [0.1, 0.15) is 61.0 Å². The van der Waals surface area contributed by atoms with Crippen molar-refractivity contribution in [3.8, 4) is 0 Å². The Morgan fingerprint density at radius 3 is 2.02 bits per heavy atom. The van der Waals surface area contributed by atoms with Crippen LogP contribution in [0.5, 0.6) is 0 Å². The molecule has 1 aromatic heterocycles. The van der Waals surface area contributed by atoms with Gasteiger partial charge in [-0.2, -0.15) is 0 Å². The standard InChI is InChI=1S/C31H46N4O5S2/c1-20(2)23(19-21(3)27(36)34-42(39,40)24-17-14-18-41-24)35(10)29(38)26(30(4,5)6)33-28(37)25(32-9)31(7,8)22-15-12-11-13-16-22/h11-20,23,25-26,32H,1-10H3,(H,33,37)(H,34,36)/b21-19+. The van der Waals surface area contributed by atoms with Crippen molar-refractivity contribution in [3.05, 3.63) is 65.1 Å². The Bertz CT molecular complexity index is 1360. The first kappa shape index (κ1) is 35.2. The van der Waals surface area contributed by atoms with Gasteiger partial charge in [0.25, 0.3) is 15.9 Å². The van der Waals surface area contributed by atoms with Gasteiger partial charge in [-0.25, -0.2) is 13.1 Å². The van der Waals surface area contributed by atoms with E-state index in [0.29, 0.717) is 0 Å². The van der Waals surface area contributed by atoms with Crippen molar-refractivity contribution in [2.45, 2.75) is 83.1 Å². The number of hydrogen-bond acceptors (Lipinski definition) is 7. The molecule has 0 aliphatic carbocycles. The summed E-state index contributed by atoms with van der Waals surface area (Å²) in [5.41, 5.74) is -0.0724. The molecule has 1 aromatic carbocycles. The Hall–Kier alpha value is -3.02. The second kappa shape index (κ2) is 14.0. The number of carbonyl (C=O) groups excluding carboxylic acids is 3. The van der Waals surface area contributed by atoms with Crippen molar-refractivity contribution in [3.63, 3.8) is 0 Å². The third-order valence-corrected chi connectivity index (χ3v) is 10.2. The Labute approximate surface area is 255 Å². The van der Waals surface area contributed by atoms with Gasteiger partial charge in [-0.1, -0.05) is 90.9 Å². The number of carbonyl (C=O) groups is 3. The zero-order valence-electron chi connectivity index (χ0n) is 26.3. The minimum absolute atomic E-state index is 0.0374. The van der Waals surface area contributed by atoms with Crippen LogP contribution in [0, 0.1) is 11.3 Å². The van der Waals surface area contributed by atoms with Gasteiger partial charge in [0, 0.05) is 18.0 Å². The molecule has 11 heteroatoms. The number of amides is 3. The highest BCUT2D eigenvalue weighted by molar-refractivity contribution is 7.92. The molecule has 3 amide bonds. The number of nitrogens with zero attached hydrogens (tertiary/aromatic N) is 1. The fourth-order valence-electron chi connectivity index (χ4n) is 4.83. The van der Waals surface area contributed by atoms with Gasteiger partial charge < -0.3 is 15.5 Å². The van der Waals surface area contributed by atoms with Crippen molar-refractivity contribution in [2.24, 2.45) is 11.3 Å². The van der Waals surface area contributed by atoms with E-state index in [9.17, 15) is 22.8 Å². The number of nitrogens with one attached hydrogen (secondary N) is 3. The molecular formula is C31H46N4O5S2. The molecule has 0 aliphatic rings. The first-order valence-electron chi connectivity index (χ1n) is 13.9. The van der Waals surface area contributed by atoms with Crippen LogP contribution < -0.4 is 15.4 Å². The molecule has 232 valence electrons. The molecule has 3 N–H and O–H groups in total. The summed E-state index contributed by atoms with van der Waals surface area (Å²) in [4.78, 5) is 42.1. The minimum atomic E-state index is -4.00. The number of rotatable bonds is 12. The van der Waals surface area contributed by atoms with E-state index in [0.717, 1.165) is 16.9 Å². The quantitative estimate of drug-likeness (QED) is 0.308. The normalized spacial score (nSPS) is 15.1. The third-order valence-electron chi connectivity index (χ3n) is 7.43. The number of likely N-dealkylation sites (N-methyl/N-ethyl adjacent to an activating group) is 2. The monoisotopic (exact) mass is 618 g/mol. The fraction of sp³-hybridized carbons (Fsp3) is 0.516. The molecule has 2 rings (SSSR count). The van der Waals surface area contributed by atoms with Crippen molar-refractivity contribution < 1.29 is 22.8 Å². The van der Waals surface area contributed by atoms with Crippen LogP contribution in [-0.2, 0) is 29.8 Å². The molecule has 0 saturated heterocycles. The van der Waals surface area contributed by atoms with Gasteiger partial charge >= 0.3 is 0 Å². The summed E-state index contributed by atoms with van der Waals surface area (Å²) in [7, 11) is -0.645. The smallest absolute Gasteiger partial charge is 0.273 e. The highest BCUT2D eigenvalue weighted by atomic mass is 32.2. The molecule has 0 bridgehead atoms. The van der Waals surface area contributed by atoms with Crippen molar-refractivity contribution in [1.82, 2.24) is 20.3 Å². The molecule has 3 atom stereocenters. The van der Waals surface area contributed by atoms with Gasteiger partial charge in [0.2, 0.25) is 11.8 Å². The Morgan fingerprint density at radius 1 is 0.952 bits per heavy atom. The third kappa shape index (κ3) is 8.52. The zero-order valence-corrected chi connectivity index (χ0v) is 27.9. The second-order valence-electron chi connectivity index (χ2n) is 12.5. The van der Waals surface area contributed by atoms with Gasteiger partial charge in [0.1, 0.15) is 10.3 Å². The van der Waals surface area contributed by atoms with E-state index in [1.807, 2.05) is 78.8 Å². The predicted octanol–water partition coefficient (Wildman–Crippen LogP) is 4.08. The highest BCUT2D eigenvalue weighted by Crippen LogP contribution is 2.29. The lowest BCUT2D eigenvalue weighted by Gasteiger charge is -2.40. The van der Waals surface area contributed by atoms with Crippen LogP contribution in [0.15, 0.2) is 63.7 Å². The molecule has 3 unspecified atom stereocenters. The lowest BCUT2D eigenvalue weighted by atomic mass is 9.76. The Balaban J connectivity index is 2.32. The molecule has 0 aliphatic heterocycles. The van der Waals surface area contributed by atoms with Crippen molar-refractivity contribution in [1.29, 1.82) is 0 Å². The maximum atomic E-state index is 14.0. The minimum Gasteiger partial charge on any atom is -0.342 e. The number of sulfonamides is 1. The number of hydrogen-bond donors (Lipinski definition) is 3. The summed E-state index contributed by atoms with van der Waals surface area (Å²) >= 11 is 1.01. The SMILES string of the molecule is CNC(C(=O)NC(C(=O)N(C)C(/C=C(\C)C(=O)NS(=O)(=O)c1cccs1)C(C)C)C(C)(C)C)C(C)(C)c1ccccc1. The van der Waals surface area contributed by atoms with Gasteiger partial charge in [0.15, 0.2) is 0 Å². The summed E-state index contributed by atoms with van der Waals surface area (Å²) < 4.78 is 27.2. The van der Waals surface area contributed by atoms with E-state index in [4.69, 9.17) is 0 Å². The fourth-order valence-corrected chi connectivity index (χ4v) is 6.84. The largest absolute Gasteiger partial charge is 0.342 e. The van der Waals surface area contributed by atoms with E-state index >= 15 is 0 Å². The Morgan fingerprint density at radius 2 is 1.55 bits per heavy atom. The second-order valence-corrected chi connectivity index (χ2v) is 15.4. The molecule has 1 heterocycles. The Kier molecular flexibility index (Phi) is 11.7. The topological polar surface area (TPSA) is 125 Å². The van der Waals surface area contributed by atoms with E-state index in [1.54, 1.807) is 31.6 Å². The van der Waals surface area contributed by atoms with E-state index in [1.165, 1.54) is 17.9 Å². The van der Waals surface area contributed by atoms with Gasteiger partial charge in [-0.15, -0.1) is 11.3 Å². The molecule has 0 spiro atoms. The van der Waals surface area contributed by atoms with Crippen LogP contribution in [0.3, 0.4) is 0 Å². The van der Waals surface area contributed by atoms with Crippen LogP contribution in [0.4, 0.5) is 0 Å². The average Bonchev–Trinajstić information content (AvgIpc) is 3.45. The molecule has 9 nitrogen and oxygen atoms in total. The number of benzene rings is 1. The van der Waals surface area contributed by atoms with Gasteiger partial charge in [-0.3, -0.25) is 14.4 Å². The number of thiophene rings is 1. The summed E-state index contributed by atoms with van der Waals surface area (Å²) in [6.07, 6.45) is 1.60. The highest BCUT2D eigenvalue weighted by Gasteiger charge is 2.41. The first-order valence-corrected chi connectivity index (χ1v) is 16.3. The molecule has 0 saturated carbocycles. The summed E-state index contributed by atoms with van der Waals surface area (Å²) in [5, 5.41) is 7.76. The summed E-state index contributed by atoms with van der Waals surface area (Å²) in [6.45, 7) is 14.9. The van der Waals surface area contributed by atoms with Gasteiger partial charge in [0.05, 0.1) is 12.1 Å².